The van der Waals surface area contributed by atoms with Gasteiger partial charge in [0.2, 0.25) is 0 Å². The highest BCUT2D eigenvalue weighted by atomic mass is 35.5. The maximum absolute atomic E-state index is 12.3. The second kappa shape index (κ2) is 7.03. The maximum atomic E-state index is 12.3. The normalized spacial score (nSPS) is 12.7. The van der Waals surface area contributed by atoms with Gasteiger partial charge in [0.1, 0.15) is 4.90 Å². The lowest BCUT2D eigenvalue weighted by molar-refractivity contribution is 0.601. The molecule has 2 N–H and O–H groups in total. The van der Waals surface area contributed by atoms with Crippen molar-refractivity contribution in [1.82, 2.24) is 0 Å². The van der Waals surface area contributed by atoms with Crippen LogP contribution in [0.3, 0.4) is 0 Å². The van der Waals surface area contributed by atoms with Crippen molar-refractivity contribution in [3.8, 4) is 0 Å². The van der Waals surface area contributed by atoms with E-state index in [-0.39, 0.29) is 9.92 Å². The van der Waals surface area contributed by atoms with E-state index in [4.69, 9.17) is 11.6 Å². The lowest BCUT2D eigenvalue weighted by Gasteiger charge is -2.14. The summed E-state index contributed by atoms with van der Waals surface area (Å²) in [6.07, 6.45) is 1.01. The van der Waals surface area contributed by atoms with E-state index in [0.717, 1.165) is 12.1 Å². The molecule has 0 aliphatic heterocycles. The largest absolute Gasteiger partial charge is 0.383 e. The summed E-state index contributed by atoms with van der Waals surface area (Å²) in [4.78, 5) is 0.0680. The van der Waals surface area contributed by atoms with Crippen molar-refractivity contribution in [2.45, 2.75) is 31.2 Å². The van der Waals surface area contributed by atoms with Crippen LogP contribution in [0.4, 0.5) is 11.4 Å². The van der Waals surface area contributed by atoms with Gasteiger partial charge in [-0.3, -0.25) is 4.72 Å². The van der Waals surface area contributed by atoms with Crippen LogP contribution < -0.4 is 10.0 Å². The lowest BCUT2D eigenvalue weighted by atomic mass is 10.2. The Morgan fingerprint density at radius 3 is 2.23 bits per heavy atom. The molecular formula is C16H19ClN2O2S. The highest BCUT2D eigenvalue weighted by Crippen LogP contribution is 2.24. The summed E-state index contributed by atoms with van der Waals surface area (Å²) in [5.41, 5.74) is 1.45. The zero-order chi connectivity index (χ0) is 16.2. The van der Waals surface area contributed by atoms with E-state index >= 15 is 0 Å². The number of anilines is 2. The number of halogens is 1. The molecule has 1 unspecified atom stereocenters. The Bertz CT molecular complexity index is 730. The minimum Gasteiger partial charge on any atom is -0.383 e. The molecule has 0 bridgehead atoms. The van der Waals surface area contributed by atoms with Crippen LogP contribution in [-0.4, -0.2) is 14.5 Å². The number of sulfonamides is 1. The van der Waals surface area contributed by atoms with E-state index in [1.54, 1.807) is 30.3 Å². The third-order valence-electron chi connectivity index (χ3n) is 3.29. The molecule has 0 aromatic heterocycles. The summed E-state index contributed by atoms with van der Waals surface area (Å²) in [5.74, 6) is 0. The summed E-state index contributed by atoms with van der Waals surface area (Å²) in [7, 11) is -3.69. The molecule has 0 fully saturated rings. The van der Waals surface area contributed by atoms with Crippen molar-refractivity contribution in [2.75, 3.05) is 10.0 Å². The highest BCUT2D eigenvalue weighted by Gasteiger charge is 2.17. The monoisotopic (exact) mass is 338 g/mol. The Labute approximate surface area is 136 Å². The van der Waals surface area contributed by atoms with Gasteiger partial charge in [-0.1, -0.05) is 30.7 Å². The van der Waals surface area contributed by atoms with Gasteiger partial charge in [0.25, 0.3) is 10.0 Å². The van der Waals surface area contributed by atoms with E-state index < -0.39 is 10.0 Å². The summed E-state index contributed by atoms with van der Waals surface area (Å²) in [5, 5.41) is 3.52. The second-order valence-corrected chi connectivity index (χ2v) is 7.12. The van der Waals surface area contributed by atoms with E-state index in [2.05, 4.69) is 23.9 Å². The van der Waals surface area contributed by atoms with Crippen molar-refractivity contribution in [3.63, 3.8) is 0 Å². The minimum absolute atomic E-state index is 0.0680. The summed E-state index contributed by atoms with van der Waals surface area (Å²) < 4.78 is 27.2. The molecule has 4 nitrogen and oxygen atoms in total. The average Bonchev–Trinajstić information content (AvgIpc) is 2.49. The van der Waals surface area contributed by atoms with Crippen LogP contribution in [0.1, 0.15) is 20.3 Å². The molecule has 2 rings (SSSR count). The zero-order valence-electron chi connectivity index (χ0n) is 12.5. The van der Waals surface area contributed by atoms with Gasteiger partial charge in [0.15, 0.2) is 0 Å². The van der Waals surface area contributed by atoms with Gasteiger partial charge in [0, 0.05) is 17.4 Å². The molecule has 0 aliphatic carbocycles. The van der Waals surface area contributed by atoms with Gasteiger partial charge in [-0.2, -0.15) is 0 Å². The van der Waals surface area contributed by atoms with E-state index in [9.17, 15) is 8.42 Å². The van der Waals surface area contributed by atoms with Crippen molar-refractivity contribution in [1.29, 1.82) is 0 Å². The van der Waals surface area contributed by atoms with Gasteiger partial charge >= 0.3 is 0 Å². The number of hydrogen-bond acceptors (Lipinski definition) is 3. The predicted octanol–water partition coefficient (Wildman–Crippen LogP) is 4.35. The van der Waals surface area contributed by atoms with Gasteiger partial charge in [-0.05, 0) is 49.7 Å². The van der Waals surface area contributed by atoms with Gasteiger partial charge in [-0.15, -0.1) is 0 Å². The molecule has 0 saturated carbocycles. The van der Waals surface area contributed by atoms with Crippen LogP contribution in [0.5, 0.6) is 0 Å². The molecule has 0 spiro atoms. The molecule has 2 aromatic rings. The zero-order valence-corrected chi connectivity index (χ0v) is 14.1. The van der Waals surface area contributed by atoms with Crippen LogP contribution in [-0.2, 0) is 10.0 Å². The molecule has 22 heavy (non-hydrogen) atoms. The van der Waals surface area contributed by atoms with E-state index in [0.29, 0.717) is 11.7 Å². The fourth-order valence-electron chi connectivity index (χ4n) is 1.89. The van der Waals surface area contributed by atoms with Crippen LogP contribution in [0.2, 0.25) is 5.02 Å². The quantitative estimate of drug-likeness (QED) is 0.823. The van der Waals surface area contributed by atoms with Crippen molar-refractivity contribution >= 4 is 33.0 Å². The first-order valence-electron chi connectivity index (χ1n) is 7.06. The van der Waals surface area contributed by atoms with Crippen LogP contribution in [0.15, 0.2) is 53.4 Å². The number of benzene rings is 2. The topological polar surface area (TPSA) is 58.2 Å². The summed E-state index contributed by atoms with van der Waals surface area (Å²) in [6, 6.07) is 13.9. The second-order valence-electron chi connectivity index (χ2n) is 5.07. The van der Waals surface area contributed by atoms with E-state index in [1.807, 2.05) is 12.1 Å². The highest BCUT2D eigenvalue weighted by molar-refractivity contribution is 7.92. The molecule has 118 valence electrons. The fraction of sp³-hybridized carbons (Fsp3) is 0.250. The van der Waals surface area contributed by atoms with Gasteiger partial charge < -0.3 is 5.32 Å². The van der Waals surface area contributed by atoms with Crippen LogP contribution >= 0.6 is 11.6 Å². The Morgan fingerprint density at radius 1 is 1.05 bits per heavy atom. The van der Waals surface area contributed by atoms with Crippen LogP contribution in [0.25, 0.3) is 0 Å². The lowest BCUT2D eigenvalue weighted by Crippen LogP contribution is -2.14. The van der Waals surface area contributed by atoms with E-state index in [1.165, 1.54) is 6.07 Å². The first-order valence-corrected chi connectivity index (χ1v) is 8.92. The number of hydrogen-bond donors (Lipinski definition) is 2. The Kier molecular flexibility index (Phi) is 5.32. The van der Waals surface area contributed by atoms with Gasteiger partial charge in [-0.25, -0.2) is 8.42 Å². The first kappa shape index (κ1) is 16.6. The van der Waals surface area contributed by atoms with Crippen LogP contribution in [0, 0.1) is 0 Å². The standard InChI is InChI=1S/C16H19ClN2O2S/c1-3-12(2)18-13-8-10-14(11-9-13)19-22(20,21)16-7-5-4-6-15(16)17/h4-12,18-19H,3H2,1-2H3. The predicted molar refractivity (Wildman–Crippen MR) is 92.1 cm³/mol. The smallest absolute Gasteiger partial charge is 0.263 e. The van der Waals surface area contributed by atoms with Gasteiger partial charge in [0.05, 0.1) is 5.02 Å². The molecule has 0 saturated heterocycles. The molecule has 0 aliphatic rings. The fourth-order valence-corrected chi connectivity index (χ4v) is 3.47. The maximum Gasteiger partial charge on any atom is 0.263 e. The summed E-state index contributed by atoms with van der Waals surface area (Å²) >= 11 is 5.94. The number of rotatable bonds is 6. The first-order chi connectivity index (χ1) is 10.4. The molecular weight excluding hydrogens is 320 g/mol. The third-order valence-corrected chi connectivity index (χ3v) is 5.17. The molecule has 0 heterocycles. The molecule has 0 amide bonds. The van der Waals surface area contributed by atoms with Crippen molar-refractivity contribution in [2.24, 2.45) is 0 Å². The Balaban J connectivity index is 2.15. The SMILES string of the molecule is CCC(C)Nc1ccc(NS(=O)(=O)c2ccccc2Cl)cc1. The molecule has 0 radical (unpaired) electrons. The minimum atomic E-state index is -3.69. The number of nitrogens with one attached hydrogen (secondary N) is 2. The molecule has 6 heteroatoms. The molecule has 2 aromatic carbocycles. The van der Waals surface area contributed by atoms with Crippen molar-refractivity contribution in [3.05, 3.63) is 53.6 Å². The molecule has 1 atom stereocenters. The third kappa shape index (κ3) is 4.15. The summed E-state index contributed by atoms with van der Waals surface area (Å²) in [6.45, 7) is 4.19. The Hall–Kier alpha value is -1.72. The van der Waals surface area contributed by atoms with Crippen molar-refractivity contribution < 1.29 is 8.42 Å². The average molecular weight is 339 g/mol. The Morgan fingerprint density at radius 2 is 1.64 bits per heavy atom.